The van der Waals surface area contributed by atoms with E-state index >= 15 is 0 Å². The number of nitrogens with zero attached hydrogens (tertiary/aromatic N) is 1. The number of ether oxygens (including phenoxy) is 1. The van der Waals surface area contributed by atoms with Gasteiger partial charge < -0.3 is 24.7 Å². The molecule has 0 radical (unpaired) electrons. The highest BCUT2D eigenvalue weighted by atomic mass is 79.9. The molecule has 1 saturated heterocycles. The topological polar surface area (TPSA) is 95.2 Å². The molecule has 0 bridgehead atoms. The zero-order chi connectivity index (χ0) is 22.7. The Balaban J connectivity index is 1.50. The van der Waals surface area contributed by atoms with Crippen molar-refractivity contribution in [1.29, 1.82) is 0 Å². The van der Waals surface area contributed by atoms with Crippen molar-refractivity contribution in [2.75, 3.05) is 39.4 Å². The van der Waals surface area contributed by atoms with Gasteiger partial charge in [0.2, 0.25) is 11.2 Å². The second-order valence-corrected chi connectivity index (χ2v) is 8.98. The van der Waals surface area contributed by atoms with Crippen LogP contribution in [0.4, 0.5) is 0 Å². The molecule has 2 aromatic carbocycles. The standard InChI is InChI=1S/C23H24BrClN2O5/c24-17-11-14(13-26-4-1-5-27-6-8-31-9-7-27)10-16-20(29)21(30)22(32-23(16)17)15-2-3-19(28)18(25)12-15/h2-3,10-12,26,28,30H,1,4-9,13H2. The van der Waals surface area contributed by atoms with E-state index in [0.717, 1.165) is 51.4 Å². The Morgan fingerprint density at radius 3 is 2.69 bits per heavy atom. The molecule has 1 fully saturated rings. The average molecular weight is 524 g/mol. The third-order valence-corrected chi connectivity index (χ3v) is 6.34. The Bertz CT molecular complexity index is 1180. The van der Waals surface area contributed by atoms with Crippen LogP contribution < -0.4 is 10.7 Å². The number of hydrogen-bond acceptors (Lipinski definition) is 7. The van der Waals surface area contributed by atoms with Gasteiger partial charge in [-0.1, -0.05) is 11.6 Å². The van der Waals surface area contributed by atoms with E-state index in [-0.39, 0.29) is 21.9 Å². The molecule has 4 rings (SSSR count). The van der Waals surface area contributed by atoms with Crippen LogP contribution >= 0.6 is 27.5 Å². The van der Waals surface area contributed by atoms with Crippen LogP contribution in [-0.4, -0.2) is 54.5 Å². The summed E-state index contributed by atoms with van der Waals surface area (Å²) in [5, 5.41) is 23.9. The van der Waals surface area contributed by atoms with Gasteiger partial charge in [0.05, 0.1) is 28.1 Å². The second kappa shape index (κ2) is 10.2. The summed E-state index contributed by atoms with van der Waals surface area (Å²) in [5.41, 5.74) is 1.11. The van der Waals surface area contributed by atoms with Crippen molar-refractivity contribution < 1.29 is 19.4 Å². The highest BCUT2D eigenvalue weighted by Gasteiger charge is 2.18. The van der Waals surface area contributed by atoms with Crippen molar-refractivity contribution in [3.05, 3.63) is 55.6 Å². The summed E-state index contributed by atoms with van der Waals surface area (Å²) >= 11 is 9.45. The summed E-state index contributed by atoms with van der Waals surface area (Å²) in [6.07, 6.45) is 1.02. The minimum absolute atomic E-state index is 0.000845. The molecule has 7 nitrogen and oxygen atoms in total. The molecule has 0 amide bonds. The molecular weight excluding hydrogens is 500 g/mol. The SMILES string of the molecule is O=c1c(O)c(-c2ccc(O)c(Cl)c2)oc2c(Br)cc(CNCCCN3CCOCC3)cc12. The highest BCUT2D eigenvalue weighted by Crippen LogP contribution is 2.36. The second-order valence-electron chi connectivity index (χ2n) is 7.71. The fourth-order valence-electron chi connectivity index (χ4n) is 3.73. The van der Waals surface area contributed by atoms with Crippen molar-refractivity contribution in [1.82, 2.24) is 10.2 Å². The molecule has 1 aliphatic rings. The first-order chi connectivity index (χ1) is 15.4. The Hall–Kier alpha value is -2.10. The van der Waals surface area contributed by atoms with Gasteiger partial charge in [-0.2, -0.15) is 0 Å². The smallest absolute Gasteiger partial charge is 0.235 e. The minimum atomic E-state index is -0.527. The molecule has 32 heavy (non-hydrogen) atoms. The van der Waals surface area contributed by atoms with Gasteiger partial charge in [0, 0.05) is 25.2 Å². The van der Waals surface area contributed by atoms with Gasteiger partial charge in [-0.05, 0) is 71.3 Å². The van der Waals surface area contributed by atoms with E-state index in [1.54, 1.807) is 6.07 Å². The highest BCUT2D eigenvalue weighted by molar-refractivity contribution is 9.10. The summed E-state index contributed by atoms with van der Waals surface area (Å²) < 4.78 is 11.9. The number of fused-ring (bicyclic) bond motifs is 1. The number of phenolic OH excluding ortho intramolecular Hbond substituents is 1. The van der Waals surface area contributed by atoms with Crippen LogP contribution in [0.25, 0.3) is 22.3 Å². The lowest BCUT2D eigenvalue weighted by molar-refractivity contribution is 0.0374. The van der Waals surface area contributed by atoms with Crippen molar-refractivity contribution in [3.8, 4) is 22.8 Å². The summed E-state index contributed by atoms with van der Waals surface area (Å²) in [4.78, 5) is 15.3. The molecule has 9 heteroatoms. The van der Waals surface area contributed by atoms with E-state index in [9.17, 15) is 15.0 Å². The molecule has 0 atom stereocenters. The molecule has 170 valence electrons. The average Bonchev–Trinajstić information content (AvgIpc) is 2.79. The molecule has 1 aromatic heterocycles. The van der Waals surface area contributed by atoms with E-state index in [1.807, 2.05) is 6.07 Å². The van der Waals surface area contributed by atoms with Crippen molar-refractivity contribution in [2.24, 2.45) is 0 Å². The lowest BCUT2D eigenvalue weighted by Gasteiger charge is -2.26. The number of benzene rings is 2. The van der Waals surface area contributed by atoms with Crippen LogP contribution in [0.3, 0.4) is 0 Å². The summed E-state index contributed by atoms with van der Waals surface area (Å²) in [6.45, 7) is 6.04. The van der Waals surface area contributed by atoms with E-state index < -0.39 is 11.2 Å². The zero-order valence-corrected chi connectivity index (χ0v) is 19.7. The first-order valence-electron chi connectivity index (χ1n) is 10.4. The number of phenols is 1. The molecule has 3 aromatic rings. The molecule has 2 heterocycles. The Morgan fingerprint density at radius 1 is 1.16 bits per heavy atom. The Kier molecular flexibility index (Phi) is 7.37. The normalized spacial score (nSPS) is 14.8. The van der Waals surface area contributed by atoms with Crippen molar-refractivity contribution in [3.63, 3.8) is 0 Å². The van der Waals surface area contributed by atoms with E-state index in [2.05, 4.69) is 26.1 Å². The van der Waals surface area contributed by atoms with E-state index in [1.165, 1.54) is 18.2 Å². The first-order valence-corrected chi connectivity index (χ1v) is 11.6. The van der Waals surface area contributed by atoms with Gasteiger partial charge in [0.1, 0.15) is 5.75 Å². The molecule has 0 saturated carbocycles. The van der Waals surface area contributed by atoms with Crippen LogP contribution in [0.5, 0.6) is 11.5 Å². The molecule has 1 aliphatic heterocycles. The molecule has 0 spiro atoms. The van der Waals surface area contributed by atoms with Gasteiger partial charge >= 0.3 is 0 Å². The zero-order valence-electron chi connectivity index (χ0n) is 17.4. The maximum Gasteiger partial charge on any atom is 0.235 e. The maximum atomic E-state index is 12.9. The number of hydrogen-bond donors (Lipinski definition) is 3. The lowest BCUT2D eigenvalue weighted by atomic mass is 10.1. The quantitative estimate of drug-likeness (QED) is 0.401. The number of morpholine rings is 1. The van der Waals surface area contributed by atoms with Gasteiger partial charge in [-0.15, -0.1) is 0 Å². The first kappa shape index (κ1) is 23.1. The van der Waals surface area contributed by atoms with Crippen LogP contribution in [0, 0.1) is 0 Å². The van der Waals surface area contributed by atoms with Gasteiger partial charge in [-0.3, -0.25) is 9.69 Å². The Labute approximate surface area is 198 Å². The van der Waals surface area contributed by atoms with Gasteiger partial charge in [0.25, 0.3) is 0 Å². The maximum absolute atomic E-state index is 12.9. The molecule has 3 N–H and O–H groups in total. The lowest BCUT2D eigenvalue weighted by Crippen LogP contribution is -2.37. The fraction of sp³-hybridized carbons (Fsp3) is 0.348. The predicted octanol–water partition coefficient (Wildman–Crippen LogP) is 4.10. The number of aromatic hydroxyl groups is 2. The number of halogens is 2. The number of nitrogens with one attached hydrogen (secondary N) is 1. The van der Waals surface area contributed by atoms with Gasteiger partial charge in [0.15, 0.2) is 11.3 Å². The number of rotatable bonds is 7. The molecular formula is C23H24BrClN2O5. The van der Waals surface area contributed by atoms with E-state index in [4.69, 9.17) is 20.8 Å². The molecule has 0 aliphatic carbocycles. The summed E-state index contributed by atoms with van der Waals surface area (Å²) in [5.74, 6) is -0.595. The van der Waals surface area contributed by atoms with E-state index in [0.29, 0.717) is 22.2 Å². The third-order valence-electron chi connectivity index (χ3n) is 5.45. The van der Waals surface area contributed by atoms with Crippen LogP contribution in [0.15, 0.2) is 44.0 Å². The monoisotopic (exact) mass is 522 g/mol. The minimum Gasteiger partial charge on any atom is -0.506 e. The molecule has 0 unspecified atom stereocenters. The fourth-order valence-corrected chi connectivity index (χ4v) is 4.50. The summed E-state index contributed by atoms with van der Waals surface area (Å²) in [6, 6.07) is 7.96. The third kappa shape index (κ3) is 5.10. The Morgan fingerprint density at radius 2 is 1.94 bits per heavy atom. The largest absolute Gasteiger partial charge is 0.506 e. The van der Waals surface area contributed by atoms with Crippen LogP contribution in [0.2, 0.25) is 5.02 Å². The van der Waals surface area contributed by atoms with Crippen LogP contribution in [-0.2, 0) is 11.3 Å². The predicted molar refractivity (Wildman–Crippen MR) is 128 cm³/mol. The van der Waals surface area contributed by atoms with Crippen molar-refractivity contribution in [2.45, 2.75) is 13.0 Å². The van der Waals surface area contributed by atoms with Crippen molar-refractivity contribution >= 4 is 38.5 Å². The summed E-state index contributed by atoms with van der Waals surface area (Å²) in [7, 11) is 0. The van der Waals surface area contributed by atoms with Gasteiger partial charge in [-0.25, -0.2) is 0 Å². The van der Waals surface area contributed by atoms with Crippen LogP contribution in [0.1, 0.15) is 12.0 Å².